The van der Waals surface area contributed by atoms with Gasteiger partial charge in [0.15, 0.2) is 0 Å². The van der Waals surface area contributed by atoms with Gasteiger partial charge in [-0.2, -0.15) is 0 Å². The van der Waals surface area contributed by atoms with Crippen LogP contribution in [-0.4, -0.2) is 18.3 Å². The molecule has 1 atom stereocenters. The van der Waals surface area contributed by atoms with Crippen molar-refractivity contribution >= 4 is 159 Å². The molecule has 10 heteroatoms. The number of benzene rings is 2. The summed E-state index contributed by atoms with van der Waals surface area (Å²) >= 11 is 38.8. The molecule has 0 nitrogen and oxygen atoms in total. The summed E-state index contributed by atoms with van der Waals surface area (Å²) in [5.74, 6) is 0. The first-order chi connectivity index (χ1) is 12.8. The molecule has 0 saturated carbocycles. The number of alkyl halides is 10. The zero-order valence-electron chi connectivity index (χ0n) is 13.7. The second-order valence-electron chi connectivity index (χ2n) is 5.90. The molecule has 0 spiro atoms. The Morgan fingerprint density at radius 2 is 0.893 bits per heavy atom. The van der Waals surface area contributed by atoms with Gasteiger partial charge < -0.3 is 0 Å². The smallest absolute Gasteiger partial charge is 0.0844 e. The topological polar surface area (TPSA) is 0 Å². The minimum Gasteiger partial charge on any atom is -0.0844 e. The van der Waals surface area contributed by atoms with E-state index in [1.165, 1.54) is 0 Å². The molecule has 0 saturated heterocycles. The lowest BCUT2D eigenvalue weighted by atomic mass is 9.86. The highest BCUT2D eigenvalue weighted by Crippen LogP contribution is 2.70. The molecule has 0 radical (unpaired) electrons. The predicted molar refractivity (Wildman–Crippen MR) is 159 cm³/mol. The maximum Gasteiger partial charge on any atom is 0.134 e. The Bertz CT molecular complexity index is 734. The number of rotatable bonds is 7. The Kier molecular flexibility index (Phi) is 10.5. The highest BCUT2D eigenvalue weighted by Gasteiger charge is 2.68. The summed E-state index contributed by atoms with van der Waals surface area (Å²) in [4.78, 5) is -0.0727. The van der Waals surface area contributed by atoms with Crippen molar-refractivity contribution in [1.29, 1.82) is 0 Å². The summed E-state index contributed by atoms with van der Waals surface area (Å²) in [7, 11) is 0. The van der Waals surface area contributed by atoms with Gasteiger partial charge >= 0.3 is 0 Å². The van der Waals surface area contributed by atoms with Crippen LogP contribution in [0.1, 0.15) is 11.1 Å². The molecule has 0 aliphatic rings. The third-order valence-corrected chi connectivity index (χ3v) is 22.9. The van der Waals surface area contributed by atoms with Crippen molar-refractivity contribution in [2.24, 2.45) is 0 Å². The summed E-state index contributed by atoms with van der Waals surface area (Å²) < 4.78 is -2.90. The van der Waals surface area contributed by atoms with Crippen LogP contribution in [0, 0.1) is 0 Å². The van der Waals surface area contributed by atoms with Crippen LogP contribution in [0.15, 0.2) is 60.7 Å². The van der Waals surface area contributed by atoms with Crippen molar-refractivity contribution in [3.8, 4) is 0 Å². The molecule has 0 aliphatic heterocycles. The average molecular weight is 1030 g/mol. The van der Waals surface area contributed by atoms with Gasteiger partial charge in [0.1, 0.15) is 14.0 Å². The highest BCUT2D eigenvalue weighted by molar-refractivity contribution is 9.33. The number of halogens is 10. The van der Waals surface area contributed by atoms with Crippen molar-refractivity contribution in [2.45, 2.75) is 22.6 Å². The first kappa shape index (κ1) is 27.5. The van der Waals surface area contributed by atoms with E-state index in [0.717, 1.165) is 11.1 Å². The van der Waals surface area contributed by atoms with Gasteiger partial charge in [0.25, 0.3) is 0 Å². The molecule has 154 valence electrons. The van der Waals surface area contributed by atoms with Crippen molar-refractivity contribution in [2.75, 3.05) is 0 Å². The van der Waals surface area contributed by atoms with Gasteiger partial charge in [-0.05, 0) is 11.1 Å². The van der Waals surface area contributed by atoms with Crippen molar-refractivity contribution in [3.05, 3.63) is 71.8 Å². The molecule has 2 aromatic rings. The van der Waals surface area contributed by atoms with Crippen LogP contribution >= 0.6 is 159 Å². The zero-order chi connectivity index (χ0) is 21.4. The highest BCUT2D eigenvalue weighted by atomic mass is 79.9. The fraction of sp³-hybridized carbons (Fsp3) is 0.333. The number of hydrogen-bond donors (Lipinski definition) is 0. The van der Waals surface area contributed by atoms with Crippen molar-refractivity contribution < 1.29 is 0 Å². The van der Waals surface area contributed by atoms with Crippen molar-refractivity contribution in [3.63, 3.8) is 0 Å². The third-order valence-electron chi connectivity index (χ3n) is 4.16. The van der Waals surface area contributed by atoms with Gasteiger partial charge in [0.2, 0.25) is 0 Å². The van der Waals surface area contributed by atoms with E-state index in [1.807, 2.05) is 36.4 Å². The molecule has 2 aromatic carbocycles. The molecule has 0 aliphatic carbocycles. The molecule has 0 amide bonds. The Labute approximate surface area is 249 Å². The number of hydrogen-bond acceptors (Lipinski definition) is 0. The normalized spacial score (nSPS) is 15.0. The third kappa shape index (κ3) is 5.01. The molecular weight excluding hydrogens is 1020 g/mol. The predicted octanol–water partition coefficient (Wildman–Crippen LogP) is 10.7. The van der Waals surface area contributed by atoms with E-state index in [2.05, 4.69) is 184 Å². The lowest BCUT2D eigenvalue weighted by molar-refractivity contribution is 0.593. The van der Waals surface area contributed by atoms with Crippen LogP contribution in [0.2, 0.25) is 0 Å². The summed E-state index contributed by atoms with van der Waals surface area (Å²) in [6.07, 6.45) is 0. The van der Waals surface area contributed by atoms with E-state index in [0.29, 0.717) is 0 Å². The molecular formula is C18H12Br10. The van der Waals surface area contributed by atoms with Crippen molar-refractivity contribution in [1.82, 2.24) is 0 Å². The fourth-order valence-corrected chi connectivity index (χ4v) is 12.0. The first-order valence-electron chi connectivity index (χ1n) is 7.67. The molecule has 0 fully saturated rings. The molecule has 0 N–H and O–H groups in total. The van der Waals surface area contributed by atoms with Crippen LogP contribution in [0.4, 0.5) is 0 Å². The Balaban J connectivity index is 2.75. The summed E-state index contributed by atoms with van der Waals surface area (Å²) in [5.41, 5.74) is 2.16. The second-order valence-corrected chi connectivity index (χ2v) is 21.7. The second kappa shape index (κ2) is 10.7. The monoisotopic (exact) mass is 1020 g/mol. The summed E-state index contributed by atoms with van der Waals surface area (Å²) in [6.45, 7) is 0. The molecule has 0 bridgehead atoms. The average Bonchev–Trinajstić information content (AvgIpc) is 2.67. The maximum absolute atomic E-state index is 4.10. The zero-order valence-corrected chi connectivity index (χ0v) is 29.6. The van der Waals surface area contributed by atoms with Gasteiger partial charge in [0.05, 0.1) is 8.56 Å². The Morgan fingerprint density at radius 3 is 1.21 bits per heavy atom. The van der Waals surface area contributed by atoms with Crippen LogP contribution in [-0.2, 0) is 4.32 Å². The van der Waals surface area contributed by atoms with Gasteiger partial charge in [-0.3, -0.25) is 0 Å². The molecule has 28 heavy (non-hydrogen) atoms. The van der Waals surface area contributed by atoms with Crippen LogP contribution < -0.4 is 0 Å². The first-order valence-corrected chi connectivity index (χ1v) is 16.0. The van der Waals surface area contributed by atoms with E-state index >= 15 is 0 Å². The fourth-order valence-electron chi connectivity index (χ4n) is 2.62. The minimum atomic E-state index is -0.781. The van der Waals surface area contributed by atoms with Gasteiger partial charge in [-0.1, -0.05) is 220 Å². The van der Waals surface area contributed by atoms with E-state index in [4.69, 9.17) is 0 Å². The van der Waals surface area contributed by atoms with E-state index < -0.39 is 14.0 Å². The van der Waals surface area contributed by atoms with Gasteiger partial charge in [-0.25, -0.2) is 0 Å². The van der Waals surface area contributed by atoms with E-state index in [9.17, 15) is 0 Å². The quantitative estimate of drug-likeness (QED) is 0.243. The van der Waals surface area contributed by atoms with Gasteiger partial charge in [0, 0.05) is 0 Å². The molecule has 0 aromatic heterocycles. The Morgan fingerprint density at radius 1 is 0.536 bits per heavy atom. The minimum absolute atomic E-state index is 0.0119. The van der Waals surface area contributed by atoms with E-state index in [1.54, 1.807) is 0 Å². The summed E-state index contributed by atoms with van der Waals surface area (Å²) in [5, 5.41) is 0. The van der Waals surface area contributed by atoms with Crippen LogP contribution in [0.25, 0.3) is 0 Å². The molecule has 2 rings (SSSR count). The maximum atomic E-state index is 4.10. The summed E-state index contributed by atoms with van der Waals surface area (Å²) in [6, 6.07) is 20.5. The molecule has 0 heterocycles. The largest absolute Gasteiger partial charge is 0.134 e. The van der Waals surface area contributed by atoms with Gasteiger partial charge in [-0.15, -0.1) is 0 Å². The Hall–Kier alpha value is 3.24. The van der Waals surface area contributed by atoms with Crippen LogP contribution in [0.3, 0.4) is 0 Å². The van der Waals surface area contributed by atoms with E-state index in [-0.39, 0.29) is 8.56 Å². The molecule has 1 unspecified atom stereocenters. The lowest BCUT2D eigenvalue weighted by Gasteiger charge is -2.52. The van der Waals surface area contributed by atoms with Crippen LogP contribution in [0.5, 0.6) is 0 Å². The SMILES string of the molecule is BrC(Br)C(Br)C(Br)(Br)C(Br)(Br)C(Br)(Br)C(Br)(c1ccccc1)c1ccccc1. The standard InChI is InChI=1S/C18H12Br10/c19-13(14(20)21)16(23,24)18(27,28)17(25,26)15(22,11-7-3-1-4-8-11)12-9-5-2-6-10-12/h1-10,13-14H. The lowest BCUT2D eigenvalue weighted by Crippen LogP contribution is -2.60.